The molecule has 0 amide bonds. The molecule has 0 saturated carbocycles. The zero-order valence-corrected chi connectivity index (χ0v) is 13.1. The van der Waals surface area contributed by atoms with Gasteiger partial charge in [0.05, 0.1) is 4.90 Å². The lowest BCUT2D eigenvalue weighted by Gasteiger charge is -2.25. The van der Waals surface area contributed by atoms with E-state index in [1.807, 2.05) is 24.3 Å². The Morgan fingerprint density at radius 1 is 1.09 bits per heavy atom. The molecule has 1 aliphatic heterocycles. The normalized spacial score (nSPS) is 18.0. The quantitative estimate of drug-likeness (QED) is 0.930. The molecule has 1 heterocycles. The van der Waals surface area contributed by atoms with Crippen molar-refractivity contribution in [1.82, 2.24) is 4.72 Å². The van der Waals surface area contributed by atoms with Crippen molar-refractivity contribution in [3.05, 3.63) is 59.7 Å². The fraction of sp³-hybridized carbons (Fsp3) is 0.200. The fourth-order valence-corrected chi connectivity index (χ4v) is 4.82. The van der Waals surface area contributed by atoms with E-state index in [9.17, 15) is 17.2 Å². The van der Waals surface area contributed by atoms with Crippen molar-refractivity contribution in [3.8, 4) is 0 Å². The van der Waals surface area contributed by atoms with Gasteiger partial charge in [0.15, 0.2) is 0 Å². The summed E-state index contributed by atoms with van der Waals surface area (Å²) >= 11 is 1.66. The average molecular weight is 341 g/mol. The van der Waals surface area contributed by atoms with Crippen LogP contribution >= 0.6 is 11.8 Å². The van der Waals surface area contributed by atoms with Crippen LogP contribution in [0.1, 0.15) is 18.0 Å². The second-order valence-corrected chi connectivity index (χ2v) is 7.80. The van der Waals surface area contributed by atoms with Crippen LogP contribution in [0.5, 0.6) is 0 Å². The molecule has 22 heavy (non-hydrogen) atoms. The lowest BCUT2D eigenvalue weighted by atomic mass is 10.1. The summed E-state index contributed by atoms with van der Waals surface area (Å²) in [5, 5.41) is 0. The summed E-state index contributed by atoms with van der Waals surface area (Å²) in [6.07, 6.45) is 0.624. The number of rotatable bonds is 3. The lowest BCUT2D eigenvalue weighted by Crippen LogP contribution is -2.30. The molecule has 0 bridgehead atoms. The molecule has 116 valence electrons. The van der Waals surface area contributed by atoms with Gasteiger partial charge in [-0.3, -0.25) is 0 Å². The minimum atomic E-state index is -3.99. The number of benzene rings is 2. The van der Waals surface area contributed by atoms with Crippen molar-refractivity contribution < 1.29 is 17.2 Å². The number of hydrogen-bond acceptors (Lipinski definition) is 3. The van der Waals surface area contributed by atoms with Crippen molar-refractivity contribution >= 4 is 21.8 Å². The van der Waals surface area contributed by atoms with Crippen LogP contribution in [0.15, 0.2) is 52.3 Å². The van der Waals surface area contributed by atoms with E-state index < -0.39 is 32.6 Å². The zero-order chi connectivity index (χ0) is 15.7. The molecule has 0 unspecified atom stereocenters. The molecule has 1 atom stereocenters. The smallest absolute Gasteiger partial charge is 0.207 e. The first kappa shape index (κ1) is 15.5. The second-order valence-electron chi connectivity index (χ2n) is 4.95. The van der Waals surface area contributed by atoms with Gasteiger partial charge in [-0.15, -0.1) is 11.8 Å². The van der Waals surface area contributed by atoms with Crippen molar-refractivity contribution in [2.75, 3.05) is 5.75 Å². The molecule has 2 aromatic carbocycles. The Kier molecular flexibility index (Phi) is 4.20. The van der Waals surface area contributed by atoms with Gasteiger partial charge in [0.25, 0.3) is 0 Å². The van der Waals surface area contributed by atoms with Crippen LogP contribution in [0.3, 0.4) is 0 Å². The third-order valence-corrected chi connectivity index (χ3v) is 5.98. The predicted octanol–water partition coefficient (Wildman–Crippen LogP) is 3.48. The van der Waals surface area contributed by atoms with Crippen LogP contribution in [0.25, 0.3) is 0 Å². The Morgan fingerprint density at radius 3 is 2.50 bits per heavy atom. The van der Waals surface area contributed by atoms with Crippen LogP contribution in [0, 0.1) is 11.6 Å². The van der Waals surface area contributed by atoms with Gasteiger partial charge in [-0.25, -0.2) is 21.9 Å². The van der Waals surface area contributed by atoms with Gasteiger partial charge < -0.3 is 0 Å². The van der Waals surface area contributed by atoms with Crippen molar-refractivity contribution in [2.45, 2.75) is 22.3 Å². The first-order valence-corrected chi connectivity index (χ1v) is 9.13. The van der Waals surface area contributed by atoms with Gasteiger partial charge in [0.2, 0.25) is 10.0 Å². The van der Waals surface area contributed by atoms with Crippen LogP contribution in [-0.4, -0.2) is 14.2 Å². The summed E-state index contributed by atoms with van der Waals surface area (Å²) in [6, 6.07) is 9.41. The maximum Gasteiger partial charge on any atom is 0.241 e. The number of halogens is 2. The first-order valence-electron chi connectivity index (χ1n) is 6.66. The van der Waals surface area contributed by atoms with Gasteiger partial charge in [0.1, 0.15) is 11.6 Å². The molecule has 0 fully saturated rings. The Morgan fingerprint density at radius 2 is 1.77 bits per heavy atom. The Bertz CT molecular complexity index is 789. The van der Waals surface area contributed by atoms with Crippen LogP contribution in [0.2, 0.25) is 0 Å². The SMILES string of the molecule is O=S(=O)(N[C@@H]1CCSc2ccccc21)c1cc(F)cc(F)c1. The van der Waals surface area contributed by atoms with Crippen LogP contribution in [0.4, 0.5) is 8.78 Å². The lowest BCUT2D eigenvalue weighted by molar-refractivity contribution is 0.539. The van der Waals surface area contributed by atoms with E-state index in [2.05, 4.69) is 4.72 Å². The van der Waals surface area contributed by atoms with E-state index >= 15 is 0 Å². The van der Waals surface area contributed by atoms with E-state index in [-0.39, 0.29) is 0 Å². The number of thioether (sulfide) groups is 1. The summed E-state index contributed by atoms with van der Waals surface area (Å²) < 4.78 is 53.8. The zero-order valence-electron chi connectivity index (χ0n) is 11.4. The maximum atomic E-state index is 13.2. The van der Waals surface area contributed by atoms with E-state index in [4.69, 9.17) is 0 Å². The number of hydrogen-bond donors (Lipinski definition) is 1. The topological polar surface area (TPSA) is 46.2 Å². The summed E-state index contributed by atoms with van der Waals surface area (Å²) in [6.45, 7) is 0. The molecule has 1 N–H and O–H groups in total. The first-order chi connectivity index (χ1) is 10.5. The standard InChI is InChI=1S/C15H13F2NO2S2/c16-10-7-11(17)9-12(8-10)22(19,20)18-14-5-6-21-15-4-2-1-3-13(14)15/h1-4,7-9,14,18H,5-6H2/t14-/m1/s1. The summed E-state index contributed by atoms with van der Waals surface area (Å²) in [4.78, 5) is 0.618. The van der Waals surface area contributed by atoms with E-state index in [1.165, 1.54) is 0 Å². The monoisotopic (exact) mass is 341 g/mol. The minimum absolute atomic E-state index is 0.395. The molecule has 3 nitrogen and oxygen atoms in total. The summed E-state index contributed by atoms with van der Waals surface area (Å²) in [5.41, 5.74) is 0.888. The van der Waals surface area contributed by atoms with E-state index in [0.29, 0.717) is 12.5 Å². The number of nitrogens with one attached hydrogen (secondary N) is 1. The molecule has 2 aromatic rings. The average Bonchev–Trinajstić information content (AvgIpc) is 2.46. The molecule has 0 aliphatic carbocycles. The second kappa shape index (κ2) is 5.98. The predicted molar refractivity (Wildman–Crippen MR) is 81.2 cm³/mol. The van der Waals surface area contributed by atoms with Gasteiger partial charge >= 0.3 is 0 Å². The highest BCUT2D eigenvalue weighted by Crippen LogP contribution is 2.36. The largest absolute Gasteiger partial charge is 0.241 e. The van der Waals surface area contributed by atoms with E-state index in [0.717, 1.165) is 28.3 Å². The van der Waals surface area contributed by atoms with E-state index in [1.54, 1.807) is 11.8 Å². The minimum Gasteiger partial charge on any atom is -0.207 e. The molecule has 0 radical (unpaired) electrons. The molecule has 0 aromatic heterocycles. The number of sulfonamides is 1. The maximum absolute atomic E-state index is 13.2. The summed E-state index contributed by atoms with van der Waals surface area (Å²) in [5.74, 6) is -1.05. The Balaban J connectivity index is 1.93. The van der Waals surface area contributed by atoms with Gasteiger partial charge in [0, 0.05) is 17.0 Å². The Hall–Kier alpha value is -1.44. The van der Waals surface area contributed by atoms with Gasteiger partial charge in [-0.05, 0) is 35.9 Å². The van der Waals surface area contributed by atoms with Gasteiger partial charge in [-0.2, -0.15) is 0 Å². The molecule has 3 rings (SSSR count). The molecule has 0 spiro atoms. The Labute approximate surface area is 131 Å². The molecular weight excluding hydrogens is 328 g/mol. The highest BCUT2D eigenvalue weighted by atomic mass is 32.2. The highest BCUT2D eigenvalue weighted by molar-refractivity contribution is 7.99. The molecule has 1 aliphatic rings. The molecule has 7 heteroatoms. The fourth-order valence-electron chi connectivity index (χ4n) is 2.40. The van der Waals surface area contributed by atoms with Gasteiger partial charge in [-0.1, -0.05) is 18.2 Å². The molecule has 0 saturated heterocycles. The summed E-state index contributed by atoms with van der Waals surface area (Å²) in [7, 11) is -3.99. The number of fused-ring (bicyclic) bond motifs is 1. The third kappa shape index (κ3) is 3.16. The molecular formula is C15H13F2NO2S2. The third-order valence-electron chi connectivity index (χ3n) is 3.40. The van der Waals surface area contributed by atoms with Crippen molar-refractivity contribution in [1.29, 1.82) is 0 Å². The van der Waals surface area contributed by atoms with Crippen molar-refractivity contribution in [3.63, 3.8) is 0 Å². The van der Waals surface area contributed by atoms with Crippen LogP contribution in [-0.2, 0) is 10.0 Å². The van der Waals surface area contributed by atoms with Crippen LogP contribution < -0.4 is 4.72 Å². The van der Waals surface area contributed by atoms with Crippen molar-refractivity contribution in [2.24, 2.45) is 0 Å². The highest BCUT2D eigenvalue weighted by Gasteiger charge is 2.26.